The lowest BCUT2D eigenvalue weighted by Crippen LogP contribution is -2.35. The Morgan fingerprint density at radius 2 is 1.76 bits per heavy atom. The van der Waals surface area contributed by atoms with Crippen molar-refractivity contribution < 1.29 is 9.59 Å². The van der Waals surface area contributed by atoms with Gasteiger partial charge in [0.05, 0.1) is 11.1 Å². The van der Waals surface area contributed by atoms with Crippen LogP contribution in [0.1, 0.15) is 51.1 Å². The van der Waals surface area contributed by atoms with Gasteiger partial charge in [0.25, 0.3) is 11.8 Å². The number of benzene rings is 1. The largest absolute Gasteiger partial charge is 0.316 e. The summed E-state index contributed by atoms with van der Waals surface area (Å²) in [5.41, 5.74) is 3.02. The number of hydrogen-bond acceptors (Lipinski definition) is 3. The van der Waals surface area contributed by atoms with Crippen molar-refractivity contribution in [2.24, 2.45) is 5.92 Å². The van der Waals surface area contributed by atoms with Crippen LogP contribution < -0.4 is 5.32 Å². The number of nitrogens with one attached hydrogen (secondary N) is 1. The molecule has 1 aromatic rings. The van der Waals surface area contributed by atoms with Crippen molar-refractivity contribution in [3.05, 3.63) is 34.4 Å². The summed E-state index contributed by atoms with van der Waals surface area (Å²) in [7, 11) is 0. The third-order valence-electron chi connectivity index (χ3n) is 4.70. The van der Waals surface area contributed by atoms with E-state index in [2.05, 4.69) is 5.32 Å². The van der Waals surface area contributed by atoms with E-state index in [4.69, 9.17) is 0 Å². The summed E-state index contributed by atoms with van der Waals surface area (Å²) in [5, 5.41) is 3.38. The summed E-state index contributed by atoms with van der Waals surface area (Å²) in [5.74, 6) is 0.352. The number of aryl methyl sites for hydroxylation is 2. The fourth-order valence-electron chi connectivity index (χ4n) is 3.41. The zero-order valence-electron chi connectivity index (χ0n) is 12.7. The Morgan fingerprint density at radius 3 is 2.29 bits per heavy atom. The number of amides is 2. The number of nitrogens with zero attached hydrogens (tertiary/aromatic N) is 1. The highest BCUT2D eigenvalue weighted by molar-refractivity contribution is 6.22. The number of carbonyl (C=O) groups is 2. The van der Waals surface area contributed by atoms with Gasteiger partial charge >= 0.3 is 0 Å². The van der Waals surface area contributed by atoms with Crippen LogP contribution in [0.2, 0.25) is 0 Å². The molecule has 2 amide bonds. The van der Waals surface area contributed by atoms with E-state index in [0.29, 0.717) is 23.6 Å². The van der Waals surface area contributed by atoms with Gasteiger partial charge < -0.3 is 5.32 Å². The number of imide groups is 1. The number of carbonyl (C=O) groups excluding carboxylic acids is 2. The first kappa shape index (κ1) is 14.3. The van der Waals surface area contributed by atoms with Crippen LogP contribution in [0.5, 0.6) is 0 Å². The Balaban J connectivity index is 1.77. The van der Waals surface area contributed by atoms with Crippen LogP contribution in [0, 0.1) is 19.8 Å². The second-order valence-electron chi connectivity index (χ2n) is 6.21. The molecule has 2 heterocycles. The molecule has 4 nitrogen and oxygen atoms in total. The van der Waals surface area contributed by atoms with Crippen LogP contribution in [0.3, 0.4) is 0 Å². The molecule has 0 bridgehead atoms. The van der Waals surface area contributed by atoms with E-state index in [-0.39, 0.29) is 11.8 Å². The van der Waals surface area contributed by atoms with Crippen LogP contribution in [0.15, 0.2) is 12.1 Å². The lowest BCUT2D eigenvalue weighted by atomic mass is 9.96. The SMILES string of the molecule is Cc1ccc(C)c2c1C(=O)N(CCC1CCCNC1)C2=O. The molecule has 1 N–H and O–H groups in total. The van der Waals surface area contributed by atoms with E-state index >= 15 is 0 Å². The van der Waals surface area contributed by atoms with Crippen molar-refractivity contribution in [1.82, 2.24) is 10.2 Å². The standard InChI is InChI=1S/C17H22N2O2/c1-11-5-6-12(2)15-14(11)16(20)19(17(15)21)9-7-13-4-3-8-18-10-13/h5-6,13,18H,3-4,7-10H2,1-2H3. The first-order chi connectivity index (χ1) is 10.1. The Hall–Kier alpha value is -1.68. The highest BCUT2D eigenvalue weighted by Crippen LogP contribution is 2.29. The van der Waals surface area contributed by atoms with E-state index in [1.807, 2.05) is 26.0 Å². The van der Waals surface area contributed by atoms with Crippen LogP contribution in [0.25, 0.3) is 0 Å². The average Bonchev–Trinajstić information content (AvgIpc) is 2.75. The Kier molecular flexibility index (Phi) is 3.81. The highest BCUT2D eigenvalue weighted by Gasteiger charge is 2.37. The molecule has 4 heteroatoms. The summed E-state index contributed by atoms with van der Waals surface area (Å²) < 4.78 is 0. The van der Waals surface area contributed by atoms with Crippen molar-refractivity contribution in [2.45, 2.75) is 33.1 Å². The molecule has 0 saturated carbocycles. The maximum atomic E-state index is 12.5. The first-order valence-corrected chi connectivity index (χ1v) is 7.76. The minimum Gasteiger partial charge on any atom is -0.316 e. The molecule has 1 fully saturated rings. The van der Waals surface area contributed by atoms with Crippen molar-refractivity contribution in [3.8, 4) is 0 Å². The molecular weight excluding hydrogens is 264 g/mol. The third kappa shape index (κ3) is 2.48. The zero-order valence-corrected chi connectivity index (χ0v) is 12.7. The number of hydrogen-bond donors (Lipinski definition) is 1. The average molecular weight is 286 g/mol. The Bertz CT molecular complexity index is 548. The predicted molar refractivity (Wildman–Crippen MR) is 81.5 cm³/mol. The summed E-state index contributed by atoms with van der Waals surface area (Å²) in [6.45, 7) is 6.43. The molecule has 1 atom stereocenters. The smallest absolute Gasteiger partial charge is 0.261 e. The first-order valence-electron chi connectivity index (χ1n) is 7.76. The van der Waals surface area contributed by atoms with Gasteiger partial charge in [-0.25, -0.2) is 0 Å². The Labute approximate surface area is 125 Å². The zero-order chi connectivity index (χ0) is 15.0. The second kappa shape index (κ2) is 5.60. The second-order valence-corrected chi connectivity index (χ2v) is 6.21. The molecular formula is C17H22N2O2. The van der Waals surface area contributed by atoms with Gasteiger partial charge in [0.1, 0.15) is 0 Å². The van der Waals surface area contributed by atoms with E-state index in [0.717, 1.165) is 30.6 Å². The maximum Gasteiger partial charge on any atom is 0.261 e. The van der Waals surface area contributed by atoms with Gasteiger partial charge in [-0.3, -0.25) is 14.5 Å². The number of rotatable bonds is 3. The number of fused-ring (bicyclic) bond motifs is 1. The normalized spacial score (nSPS) is 21.8. The van der Waals surface area contributed by atoms with Gasteiger partial charge in [0.15, 0.2) is 0 Å². The molecule has 112 valence electrons. The van der Waals surface area contributed by atoms with E-state index in [1.54, 1.807) is 0 Å². The highest BCUT2D eigenvalue weighted by atomic mass is 16.2. The van der Waals surface area contributed by atoms with Gasteiger partial charge in [-0.1, -0.05) is 12.1 Å². The van der Waals surface area contributed by atoms with E-state index < -0.39 is 0 Å². The molecule has 0 aliphatic carbocycles. The summed E-state index contributed by atoms with van der Waals surface area (Å²) in [6.07, 6.45) is 3.27. The minimum absolute atomic E-state index is 0.111. The van der Waals surface area contributed by atoms with Crippen molar-refractivity contribution in [2.75, 3.05) is 19.6 Å². The molecule has 1 aromatic carbocycles. The summed E-state index contributed by atoms with van der Waals surface area (Å²) in [4.78, 5) is 26.5. The Morgan fingerprint density at radius 1 is 1.14 bits per heavy atom. The molecule has 21 heavy (non-hydrogen) atoms. The monoisotopic (exact) mass is 286 g/mol. The van der Waals surface area contributed by atoms with Crippen LogP contribution >= 0.6 is 0 Å². The van der Waals surface area contributed by atoms with Crippen LogP contribution in [-0.4, -0.2) is 36.3 Å². The van der Waals surface area contributed by atoms with E-state index in [9.17, 15) is 9.59 Å². The molecule has 2 aliphatic rings. The predicted octanol–water partition coefficient (Wildman–Crippen LogP) is 2.29. The molecule has 0 radical (unpaired) electrons. The van der Waals surface area contributed by atoms with Gasteiger partial charge in [-0.05, 0) is 63.2 Å². The number of piperidine rings is 1. The van der Waals surface area contributed by atoms with Gasteiger partial charge in [0.2, 0.25) is 0 Å². The molecule has 2 aliphatic heterocycles. The topological polar surface area (TPSA) is 49.4 Å². The van der Waals surface area contributed by atoms with Crippen molar-refractivity contribution in [1.29, 1.82) is 0 Å². The lowest BCUT2D eigenvalue weighted by molar-refractivity contribution is 0.0643. The summed E-state index contributed by atoms with van der Waals surface area (Å²) in [6, 6.07) is 3.85. The fourth-order valence-corrected chi connectivity index (χ4v) is 3.41. The van der Waals surface area contributed by atoms with Crippen LogP contribution in [-0.2, 0) is 0 Å². The van der Waals surface area contributed by atoms with Crippen LogP contribution in [0.4, 0.5) is 0 Å². The maximum absolute atomic E-state index is 12.5. The molecule has 1 saturated heterocycles. The fraction of sp³-hybridized carbons (Fsp3) is 0.529. The van der Waals surface area contributed by atoms with E-state index in [1.165, 1.54) is 17.7 Å². The minimum atomic E-state index is -0.111. The van der Waals surface area contributed by atoms with Gasteiger partial charge in [-0.15, -0.1) is 0 Å². The summed E-state index contributed by atoms with van der Waals surface area (Å²) >= 11 is 0. The third-order valence-corrected chi connectivity index (χ3v) is 4.70. The molecule has 3 rings (SSSR count). The molecule has 0 spiro atoms. The van der Waals surface area contributed by atoms with Gasteiger partial charge in [-0.2, -0.15) is 0 Å². The lowest BCUT2D eigenvalue weighted by Gasteiger charge is -2.24. The van der Waals surface area contributed by atoms with Crippen molar-refractivity contribution >= 4 is 11.8 Å². The van der Waals surface area contributed by atoms with Crippen molar-refractivity contribution in [3.63, 3.8) is 0 Å². The molecule has 1 unspecified atom stereocenters. The molecule has 0 aromatic heterocycles. The van der Waals surface area contributed by atoms with Gasteiger partial charge in [0, 0.05) is 6.54 Å². The quantitative estimate of drug-likeness (QED) is 0.867.